The van der Waals surface area contributed by atoms with Crippen molar-refractivity contribution in [1.82, 2.24) is 15.1 Å². The fourth-order valence-electron chi connectivity index (χ4n) is 2.57. The van der Waals surface area contributed by atoms with Crippen molar-refractivity contribution >= 4 is 11.8 Å². The van der Waals surface area contributed by atoms with Crippen LogP contribution in [0.3, 0.4) is 0 Å². The number of nitrogens with zero attached hydrogens (tertiary/aromatic N) is 2. The Morgan fingerprint density at radius 1 is 1.13 bits per heavy atom. The second kappa shape index (κ2) is 7.57. The summed E-state index contributed by atoms with van der Waals surface area (Å²) in [4.78, 5) is 28.0. The molecule has 1 fully saturated rings. The van der Waals surface area contributed by atoms with Crippen LogP contribution in [0.1, 0.15) is 19.4 Å². The van der Waals surface area contributed by atoms with Crippen LogP contribution in [0, 0.1) is 0 Å². The van der Waals surface area contributed by atoms with Gasteiger partial charge in [0.05, 0.1) is 12.1 Å². The first-order chi connectivity index (χ1) is 10.9. The van der Waals surface area contributed by atoms with Crippen LogP contribution in [-0.4, -0.2) is 59.9 Å². The van der Waals surface area contributed by atoms with E-state index in [0.29, 0.717) is 39.3 Å². The Balaban J connectivity index is 1.72. The monoisotopic (exact) mass is 318 g/mol. The summed E-state index contributed by atoms with van der Waals surface area (Å²) in [6, 6.07) is 9.83. The third kappa shape index (κ3) is 5.33. The van der Waals surface area contributed by atoms with Crippen molar-refractivity contribution in [2.45, 2.75) is 25.9 Å². The van der Waals surface area contributed by atoms with Crippen LogP contribution in [0.2, 0.25) is 0 Å². The highest BCUT2D eigenvalue weighted by molar-refractivity contribution is 5.85. The number of piperazine rings is 1. The summed E-state index contributed by atoms with van der Waals surface area (Å²) in [5, 5.41) is 2.92. The lowest BCUT2D eigenvalue weighted by atomic mass is 10.0. The lowest BCUT2D eigenvalue weighted by molar-refractivity contribution is -0.137. The maximum Gasteiger partial charge on any atom is 0.242 e. The lowest BCUT2D eigenvalue weighted by Gasteiger charge is -2.37. The van der Waals surface area contributed by atoms with Gasteiger partial charge in [0, 0.05) is 32.7 Å². The summed E-state index contributed by atoms with van der Waals surface area (Å²) in [5.41, 5.74) is 6.10. The smallest absolute Gasteiger partial charge is 0.242 e. The summed E-state index contributed by atoms with van der Waals surface area (Å²) in [6.07, 6.45) is 0. The largest absolute Gasteiger partial charge is 0.351 e. The first-order valence-electron chi connectivity index (χ1n) is 7.97. The zero-order valence-electron chi connectivity index (χ0n) is 13.9. The maximum atomic E-state index is 12.1. The summed E-state index contributed by atoms with van der Waals surface area (Å²) < 4.78 is 0. The molecule has 3 N–H and O–H groups in total. The van der Waals surface area contributed by atoms with E-state index in [0.717, 1.165) is 5.56 Å². The zero-order chi connectivity index (χ0) is 16.9. The van der Waals surface area contributed by atoms with Gasteiger partial charge in [-0.25, -0.2) is 0 Å². The van der Waals surface area contributed by atoms with Gasteiger partial charge >= 0.3 is 0 Å². The van der Waals surface area contributed by atoms with Crippen LogP contribution >= 0.6 is 0 Å². The molecule has 0 atom stereocenters. The number of nitrogens with two attached hydrogens (primary N) is 1. The topological polar surface area (TPSA) is 78.7 Å². The van der Waals surface area contributed by atoms with E-state index < -0.39 is 5.54 Å². The summed E-state index contributed by atoms with van der Waals surface area (Å²) in [6.45, 7) is 6.97. The highest BCUT2D eigenvalue weighted by Crippen LogP contribution is 2.08. The Morgan fingerprint density at radius 3 is 2.30 bits per heavy atom. The van der Waals surface area contributed by atoms with E-state index in [-0.39, 0.29) is 11.8 Å². The van der Waals surface area contributed by atoms with Crippen molar-refractivity contribution in [3.8, 4) is 0 Å². The number of amides is 2. The number of benzene rings is 1. The summed E-state index contributed by atoms with van der Waals surface area (Å²) >= 11 is 0. The Labute approximate surface area is 137 Å². The third-order valence-corrected chi connectivity index (χ3v) is 3.91. The van der Waals surface area contributed by atoms with Crippen molar-refractivity contribution in [3.05, 3.63) is 35.9 Å². The van der Waals surface area contributed by atoms with Crippen LogP contribution < -0.4 is 11.1 Å². The molecular weight excluding hydrogens is 292 g/mol. The first-order valence-corrected chi connectivity index (χ1v) is 7.97. The van der Waals surface area contributed by atoms with Gasteiger partial charge in [-0.2, -0.15) is 0 Å². The van der Waals surface area contributed by atoms with Crippen LogP contribution in [0.4, 0.5) is 0 Å². The fraction of sp³-hybridized carbons (Fsp3) is 0.529. The second-order valence-corrected chi connectivity index (χ2v) is 6.55. The molecule has 23 heavy (non-hydrogen) atoms. The maximum absolute atomic E-state index is 12.1. The molecule has 126 valence electrons. The van der Waals surface area contributed by atoms with Gasteiger partial charge in [0.2, 0.25) is 11.8 Å². The molecule has 6 heteroatoms. The van der Waals surface area contributed by atoms with E-state index in [2.05, 4.69) is 10.2 Å². The molecule has 1 aliphatic heterocycles. The van der Waals surface area contributed by atoms with Crippen molar-refractivity contribution in [2.24, 2.45) is 5.73 Å². The van der Waals surface area contributed by atoms with Crippen molar-refractivity contribution in [2.75, 3.05) is 32.7 Å². The average molecular weight is 318 g/mol. The van der Waals surface area contributed by atoms with Gasteiger partial charge in [0.1, 0.15) is 0 Å². The molecule has 1 heterocycles. The normalized spacial score (nSPS) is 16.2. The Morgan fingerprint density at radius 2 is 1.74 bits per heavy atom. The van der Waals surface area contributed by atoms with Gasteiger partial charge in [-0.3, -0.25) is 14.5 Å². The first kappa shape index (κ1) is 17.4. The van der Waals surface area contributed by atoms with Gasteiger partial charge in [0.25, 0.3) is 0 Å². The minimum absolute atomic E-state index is 0.00721. The molecule has 0 saturated carbocycles. The number of hydrogen-bond donors (Lipinski definition) is 2. The molecule has 1 saturated heterocycles. The molecule has 0 aliphatic carbocycles. The Kier molecular flexibility index (Phi) is 5.74. The number of carbonyl (C=O) groups excluding carboxylic acids is 2. The molecule has 1 aromatic carbocycles. The number of rotatable bonds is 5. The summed E-state index contributed by atoms with van der Waals surface area (Å²) in [5.74, 6) is -0.0292. The fourth-order valence-corrected chi connectivity index (χ4v) is 2.57. The molecule has 2 rings (SSSR count). The van der Waals surface area contributed by atoms with Crippen LogP contribution in [-0.2, 0) is 16.1 Å². The highest BCUT2D eigenvalue weighted by atomic mass is 16.2. The van der Waals surface area contributed by atoms with E-state index >= 15 is 0 Å². The minimum Gasteiger partial charge on any atom is -0.351 e. The number of nitrogens with one attached hydrogen (secondary N) is 1. The number of hydrogen-bond acceptors (Lipinski definition) is 4. The molecule has 6 nitrogen and oxygen atoms in total. The third-order valence-electron chi connectivity index (χ3n) is 3.91. The zero-order valence-corrected chi connectivity index (χ0v) is 13.9. The highest BCUT2D eigenvalue weighted by Gasteiger charge is 2.30. The average Bonchev–Trinajstić information content (AvgIpc) is 2.53. The predicted molar refractivity (Wildman–Crippen MR) is 89.6 cm³/mol. The number of carbonyl (C=O) groups is 2. The standard InChI is InChI=1S/C17H26N4O2/c1-17(2,18)16(23)21-10-8-20(9-11-21)13-15(22)19-12-14-6-4-3-5-7-14/h3-7H,8-13,18H2,1-2H3,(H,19,22). The van der Waals surface area contributed by atoms with E-state index in [9.17, 15) is 9.59 Å². The molecule has 0 bridgehead atoms. The molecule has 1 aromatic rings. The van der Waals surface area contributed by atoms with E-state index in [4.69, 9.17) is 5.73 Å². The van der Waals surface area contributed by atoms with Gasteiger partial charge < -0.3 is 16.0 Å². The molecule has 1 aliphatic rings. The van der Waals surface area contributed by atoms with Crippen LogP contribution in [0.25, 0.3) is 0 Å². The van der Waals surface area contributed by atoms with Gasteiger partial charge in [-0.05, 0) is 19.4 Å². The molecule has 0 radical (unpaired) electrons. The van der Waals surface area contributed by atoms with Crippen molar-refractivity contribution in [1.29, 1.82) is 0 Å². The van der Waals surface area contributed by atoms with Crippen molar-refractivity contribution in [3.63, 3.8) is 0 Å². The Bertz CT molecular complexity index is 531. The minimum atomic E-state index is -0.838. The Hall–Kier alpha value is -1.92. The van der Waals surface area contributed by atoms with Gasteiger partial charge in [0.15, 0.2) is 0 Å². The van der Waals surface area contributed by atoms with E-state index in [1.807, 2.05) is 30.3 Å². The molecule has 0 aromatic heterocycles. The van der Waals surface area contributed by atoms with Crippen LogP contribution in [0.15, 0.2) is 30.3 Å². The molecular formula is C17H26N4O2. The summed E-state index contributed by atoms with van der Waals surface area (Å²) in [7, 11) is 0. The SMILES string of the molecule is CC(C)(N)C(=O)N1CCN(CC(=O)NCc2ccccc2)CC1. The van der Waals surface area contributed by atoms with Crippen molar-refractivity contribution < 1.29 is 9.59 Å². The van der Waals surface area contributed by atoms with Gasteiger partial charge in [-0.1, -0.05) is 30.3 Å². The lowest BCUT2D eigenvalue weighted by Crippen LogP contribution is -2.57. The van der Waals surface area contributed by atoms with E-state index in [1.165, 1.54) is 0 Å². The van der Waals surface area contributed by atoms with Crippen LogP contribution in [0.5, 0.6) is 0 Å². The van der Waals surface area contributed by atoms with E-state index in [1.54, 1.807) is 18.7 Å². The second-order valence-electron chi connectivity index (χ2n) is 6.55. The molecule has 2 amide bonds. The molecule has 0 spiro atoms. The van der Waals surface area contributed by atoms with Gasteiger partial charge in [-0.15, -0.1) is 0 Å². The predicted octanol–water partition coefficient (Wildman–Crippen LogP) is 0.184. The quantitative estimate of drug-likeness (QED) is 0.812. The molecule has 0 unspecified atom stereocenters.